The smallest absolute Gasteiger partial charge is 0.194 e. The van der Waals surface area contributed by atoms with Gasteiger partial charge in [0.1, 0.15) is 5.01 Å². The Bertz CT molecular complexity index is 1990. The van der Waals surface area contributed by atoms with Gasteiger partial charge < -0.3 is 4.57 Å². The highest BCUT2D eigenvalue weighted by Crippen LogP contribution is 2.37. The number of carbonyl (C=O) groups excluding carboxylic acids is 2. The molecular weight excluding hydrogens is 488 g/mol. The van der Waals surface area contributed by atoms with Crippen molar-refractivity contribution in [3.05, 3.63) is 131 Å². The quantitative estimate of drug-likeness (QED) is 0.240. The lowest BCUT2D eigenvalue weighted by Crippen LogP contribution is -2.20. The Morgan fingerprint density at radius 1 is 0.579 bits per heavy atom. The first-order valence-electron chi connectivity index (χ1n) is 12.4. The summed E-state index contributed by atoms with van der Waals surface area (Å²) in [7, 11) is 0. The van der Waals surface area contributed by atoms with Crippen LogP contribution >= 0.6 is 11.3 Å². The van der Waals surface area contributed by atoms with Gasteiger partial charge in [0.25, 0.3) is 0 Å². The van der Waals surface area contributed by atoms with Gasteiger partial charge in [0, 0.05) is 44.3 Å². The first kappa shape index (κ1) is 21.2. The predicted molar refractivity (Wildman–Crippen MR) is 153 cm³/mol. The Kier molecular flexibility index (Phi) is 4.37. The van der Waals surface area contributed by atoms with Crippen LogP contribution in [-0.2, 0) is 0 Å². The Hall–Kier alpha value is -4.87. The van der Waals surface area contributed by atoms with E-state index in [1.165, 1.54) is 33.1 Å². The van der Waals surface area contributed by atoms with Crippen LogP contribution in [-0.4, -0.2) is 21.1 Å². The van der Waals surface area contributed by atoms with Gasteiger partial charge in [0.2, 0.25) is 0 Å². The molecule has 5 aromatic carbocycles. The molecule has 2 aromatic heterocycles. The minimum atomic E-state index is -0.123. The molecule has 0 saturated carbocycles. The predicted octanol–water partition coefficient (Wildman–Crippen LogP) is 7.84. The number of fused-ring (bicyclic) bond motifs is 6. The molecule has 0 amide bonds. The summed E-state index contributed by atoms with van der Waals surface area (Å²) in [6, 6.07) is 36.0. The van der Waals surface area contributed by atoms with Gasteiger partial charge in [-0.3, -0.25) is 9.59 Å². The number of hydrogen-bond donors (Lipinski definition) is 0. The number of para-hydroxylation sites is 2. The van der Waals surface area contributed by atoms with Crippen LogP contribution in [0, 0.1) is 0 Å². The zero-order valence-corrected chi connectivity index (χ0v) is 20.8. The van der Waals surface area contributed by atoms with Gasteiger partial charge in [-0.2, -0.15) is 0 Å². The summed E-state index contributed by atoms with van der Waals surface area (Å²) >= 11 is 1.53. The van der Waals surface area contributed by atoms with E-state index in [2.05, 4.69) is 77.4 Å². The highest BCUT2D eigenvalue weighted by Gasteiger charge is 2.30. The van der Waals surface area contributed by atoms with Crippen LogP contribution in [0.2, 0.25) is 0 Å². The van der Waals surface area contributed by atoms with Gasteiger partial charge >= 0.3 is 0 Å². The lowest BCUT2D eigenvalue weighted by atomic mass is 9.84. The summed E-state index contributed by atoms with van der Waals surface area (Å²) in [4.78, 5) is 31.1. The average molecular weight is 507 g/mol. The van der Waals surface area contributed by atoms with Gasteiger partial charge in [-0.15, -0.1) is 11.3 Å². The van der Waals surface area contributed by atoms with Gasteiger partial charge in [0.05, 0.1) is 21.3 Å². The summed E-state index contributed by atoms with van der Waals surface area (Å²) in [6.07, 6.45) is 0. The molecule has 0 saturated heterocycles. The van der Waals surface area contributed by atoms with E-state index in [-0.39, 0.29) is 11.6 Å². The van der Waals surface area contributed by atoms with Crippen LogP contribution in [0.3, 0.4) is 0 Å². The average Bonchev–Trinajstić information content (AvgIpc) is 3.54. The first-order chi connectivity index (χ1) is 18.7. The molecule has 8 rings (SSSR count). The van der Waals surface area contributed by atoms with Crippen molar-refractivity contribution in [2.75, 3.05) is 0 Å². The van der Waals surface area contributed by atoms with Crippen LogP contribution in [0.25, 0.3) is 48.3 Å². The molecule has 2 heterocycles. The van der Waals surface area contributed by atoms with Crippen molar-refractivity contribution in [2.24, 2.45) is 0 Å². The van der Waals surface area contributed by atoms with Crippen LogP contribution in [0.4, 0.5) is 0 Å². The van der Waals surface area contributed by atoms with Crippen molar-refractivity contribution in [2.45, 2.75) is 0 Å². The molecular formula is C33H18N2O2S. The molecule has 0 spiro atoms. The Morgan fingerprint density at radius 2 is 1.13 bits per heavy atom. The zero-order valence-electron chi connectivity index (χ0n) is 20.0. The molecule has 1 aliphatic carbocycles. The molecule has 0 fully saturated rings. The number of thiazole rings is 1. The summed E-state index contributed by atoms with van der Waals surface area (Å²) in [5.41, 5.74) is 6.96. The fourth-order valence-electron chi connectivity index (χ4n) is 5.60. The third kappa shape index (κ3) is 2.93. The zero-order chi connectivity index (χ0) is 25.4. The molecule has 0 N–H and O–H groups in total. The topological polar surface area (TPSA) is 52.0 Å². The van der Waals surface area contributed by atoms with E-state index >= 15 is 0 Å². The van der Waals surface area contributed by atoms with Gasteiger partial charge in [-0.05, 0) is 48.5 Å². The summed E-state index contributed by atoms with van der Waals surface area (Å²) in [6.45, 7) is 0. The molecule has 1 aliphatic rings. The monoisotopic (exact) mass is 506 g/mol. The molecule has 0 atom stereocenters. The van der Waals surface area contributed by atoms with E-state index < -0.39 is 0 Å². The second kappa shape index (κ2) is 7.81. The standard InChI is InChI=1S/C33H18N2O2S/c36-31-23-9-1-2-10-24(23)32(37)26-18-30-27(17-25(26)31)34-33(38-30)19-13-15-20(16-14-19)35-28-11-5-3-7-21(28)22-8-4-6-12-29(22)35/h1-18H. The van der Waals surface area contributed by atoms with Crippen LogP contribution in [0.5, 0.6) is 0 Å². The van der Waals surface area contributed by atoms with Gasteiger partial charge in [-0.1, -0.05) is 60.7 Å². The van der Waals surface area contributed by atoms with Crippen LogP contribution < -0.4 is 0 Å². The lowest BCUT2D eigenvalue weighted by molar-refractivity contribution is 0.0979. The van der Waals surface area contributed by atoms with Gasteiger partial charge in [0.15, 0.2) is 11.6 Å². The molecule has 7 aromatic rings. The van der Waals surface area contributed by atoms with E-state index in [4.69, 9.17) is 4.98 Å². The molecule has 0 aliphatic heterocycles. The molecule has 38 heavy (non-hydrogen) atoms. The molecule has 5 heteroatoms. The Labute approximate surface area is 221 Å². The normalized spacial score (nSPS) is 12.8. The van der Waals surface area contributed by atoms with Crippen molar-refractivity contribution in [1.82, 2.24) is 9.55 Å². The Morgan fingerprint density at radius 3 is 1.76 bits per heavy atom. The first-order valence-corrected chi connectivity index (χ1v) is 13.2. The maximum atomic E-state index is 13.1. The fraction of sp³-hybridized carbons (Fsp3) is 0. The van der Waals surface area contributed by atoms with Crippen molar-refractivity contribution in [1.29, 1.82) is 0 Å². The SMILES string of the molecule is O=C1c2ccccc2C(=O)c2cc3sc(-c4ccc(-n5c6ccccc6c6ccccc65)cc4)nc3cc21. The van der Waals surface area contributed by atoms with Crippen LogP contribution in [0.1, 0.15) is 31.8 Å². The Balaban J connectivity index is 1.22. The molecule has 0 bridgehead atoms. The van der Waals surface area contributed by atoms with E-state index in [1.807, 2.05) is 6.07 Å². The fourth-order valence-corrected chi connectivity index (χ4v) is 6.59. The van der Waals surface area contributed by atoms with E-state index in [1.54, 1.807) is 30.3 Å². The highest BCUT2D eigenvalue weighted by atomic mass is 32.1. The second-order valence-corrected chi connectivity index (χ2v) is 10.5. The van der Waals surface area contributed by atoms with Crippen molar-refractivity contribution in [3.8, 4) is 16.3 Å². The number of carbonyl (C=O) groups is 2. The van der Waals surface area contributed by atoms with Crippen molar-refractivity contribution in [3.63, 3.8) is 0 Å². The summed E-state index contributed by atoms with van der Waals surface area (Å²) < 4.78 is 3.18. The maximum absolute atomic E-state index is 13.1. The summed E-state index contributed by atoms with van der Waals surface area (Å²) in [5, 5.41) is 3.32. The number of nitrogens with zero attached hydrogens (tertiary/aromatic N) is 2. The molecule has 0 unspecified atom stereocenters. The van der Waals surface area contributed by atoms with Crippen LogP contribution in [0.15, 0.2) is 109 Å². The third-order valence-electron chi connectivity index (χ3n) is 7.39. The summed E-state index contributed by atoms with van der Waals surface area (Å²) in [5.74, 6) is -0.232. The minimum Gasteiger partial charge on any atom is -0.309 e. The second-order valence-electron chi connectivity index (χ2n) is 9.50. The highest BCUT2D eigenvalue weighted by molar-refractivity contribution is 7.21. The van der Waals surface area contributed by atoms with Gasteiger partial charge in [-0.25, -0.2) is 4.98 Å². The van der Waals surface area contributed by atoms with E-state index in [9.17, 15) is 9.59 Å². The molecule has 4 nitrogen and oxygen atoms in total. The van der Waals surface area contributed by atoms with Crippen molar-refractivity contribution >= 4 is 54.9 Å². The largest absolute Gasteiger partial charge is 0.309 e. The number of ketones is 2. The molecule has 0 radical (unpaired) electrons. The minimum absolute atomic E-state index is 0.109. The third-order valence-corrected chi connectivity index (χ3v) is 8.45. The number of hydrogen-bond acceptors (Lipinski definition) is 4. The van der Waals surface area contributed by atoms with E-state index in [0.717, 1.165) is 26.5 Å². The molecule has 178 valence electrons. The lowest BCUT2D eigenvalue weighted by Gasteiger charge is -2.16. The number of rotatable bonds is 2. The van der Waals surface area contributed by atoms with Crippen molar-refractivity contribution < 1.29 is 9.59 Å². The maximum Gasteiger partial charge on any atom is 0.194 e. The number of benzene rings is 5. The van der Waals surface area contributed by atoms with E-state index in [0.29, 0.717) is 22.3 Å². The number of aromatic nitrogens is 2.